The van der Waals surface area contributed by atoms with Gasteiger partial charge in [-0.25, -0.2) is 0 Å². The zero-order chi connectivity index (χ0) is 13.3. The molecule has 18 heavy (non-hydrogen) atoms. The zero-order valence-corrected chi connectivity index (χ0v) is 10.4. The molecule has 0 saturated carbocycles. The van der Waals surface area contributed by atoms with Crippen LogP contribution in [-0.4, -0.2) is 10.9 Å². The Hall–Kier alpha value is -2.01. The van der Waals surface area contributed by atoms with Crippen LogP contribution in [0.5, 0.6) is 5.75 Å². The molecule has 92 valence electrons. The number of carbonyl (C=O) groups is 1. The summed E-state index contributed by atoms with van der Waals surface area (Å²) in [4.78, 5) is 11.7. The summed E-state index contributed by atoms with van der Waals surface area (Å²) in [7, 11) is 0. The third-order valence-corrected chi connectivity index (χ3v) is 3.80. The summed E-state index contributed by atoms with van der Waals surface area (Å²) >= 11 is 0. The second-order valence-electron chi connectivity index (χ2n) is 4.74. The average Bonchev–Trinajstić information content (AvgIpc) is 2.74. The van der Waals surface area contributed by atoms with E-state index in [1.165, 1.54) is 16.7 Å². The zero-order valence-electron chi connectivity index (χ0n) is 10.4. The van der Waals surface area contributed by atoms with Gasteiger partial charge in [0.15, 0.2) is 5.78 Å². The van der Waals surface area contributed by atoms with E-state index < -0.39 is 0 Å². The number of rotatable bonds is 0. The fraction of sp³-hybridized carbons (Fsp3) is 0.312. The van der Waals surface area contributed by atoms with Crippen molar-refractivity contribution in [3.8, 4) is 18.6 Å². The number of allylic oxidation sites excluding steroid dienone is 2. The predicted octanol–water partition coefficient (Wildman–Crippen LogP) is 2.95. The highest BCUT2D eigenvalue weighted by molar-refractivity contribution is 6.05. The van der Waals surface area contributed by atoms with Gasteiger partial charge in [-0.3, -0.25) is 4.79 Å². The van der Waals surface area contributed by atoms with Crippen LogP contribution in [0.15, 0.2) is 23.8 Å². The molecule has 0 saturated heterocycles. The molecule has 0 fully saturated rings. The Morgan fingerprint density at radius 1 is 1.33 bits per heavy atom. The van der Waals surface area contributed by atoms with Gasteiger partial charge >= 0.3 is 0 Å². The maximum absolute atomic E-state index is 11.7. The second kappa shape index (κ2) is 4.70. The van der Waals surface area contributed by atoms with Crippen molar-refractivity contribution in [1.29, 1.82) is 0 Å². The van der Waals surface area contributed by atoms with Crippen LogP contribution in [0.3, 0.4) is 0 Å². The van der Waals surface area contributed by atoms with Crippen LogP contribution >= 0.6 is 0 Å². The van der Waals surface area contributed by atoms with Gasteiger partial charge in [-0.05, 0) is 60.1 Å². The first kappa shape index (κ1) is 12.4. The summed E-state index contributed by atoms with van der Waals surface area (Å²) in [6, 6.07) is 5.49. The molecule has 2 nitrogen and oxygen atoms in total. The molecule has 0 spiro atoms. The summed E-state index contributed by atoms with van der Waals surface area (Å²) in [6.45, 7) is 1.94. The fourth-order valence-electron chi connectivity index (χ4n) is 3.00. The van der Waals surface area contributed by atoms with Gasteiger partial charge < -0.3 is 5.11 Å². The molecule has 3 rings (SSSR count). The van der Waals surface area contributed by atoms with Crippen molar-refractivity contribution in [3.05, 3.63) is 34.9 Å². The van der Waals surface area contributed by atoms with E-state index in [1.54, 1.807) is 6.07 Å². The van der Waals surface area contributed by atoms with Crippen molar-refractivity contribution in [1.82, 2.24) is 0 Å². The smallest absolute Gasteiger partial charge is 0.158 e. The van der Waals surface area contributed by atoms with Gasteiger partial charge in [0.1, 0.15) is 5.75 Å². The third kappa shape index (κ3) is 1.82. The lowest BCUT2D eigenvalue weighted by Gasteiger charge is -2.20. The maximum atomic E-state index is 11.7. The Morgan fingerprint density at radius 2 is 2.06 bits per heavy atom. The highest BCUT2D eigenvalue weighted by Gasteiger charge is 2.33. The minimum atomic E-state index is 0.284. The molecule has 1 aromatic rings. The normalized spacial score (nSPS) is 20.8. The van der Waals surface area contributed by atoms with E-state index in [0.717, 1.165) is 18.4 Å². The monoisotopic (exact) mass is 240 g/mol. The van der Waals surface area contributed by atoms with E-state index >= 15 is 0 Å². The summed E-state index contributed by atoms with van der Waals surface area (Å²) < 4.78 is 0. The molecule has 1 unspecified atom stereocenters. The summed E-state index contributed by atoms with van der Waals surface area (Å²) in [5.41, 5.74) is 4.52. The van der Waals surface area contributed by atoms with E-state index in [2.05, 4.69) is 12.8 Å². The molecule has 2 aliphatic rings. The Morgan fingerprint density at radius 3 is 2.78 bits per heavy atom. The van der Waals surface area contributed by atoms with Gasteiger partial charge in [-0.2, -0.15) is 0 Å². The highest BCUT2D eigenvalue weighted by atomic mass is 16.3. The van der Waals surface area contributed by atoms with E-state index in [0.29, 0.717) is 18.1 Å². The first-order valence-electron chi connectivity index (χ1n) is 6.06. The largest absolute Gasteiger partial charge is 0.508 e. The van der Waals surface area contributed by atoms with Crippen molar-refractivity contribution in [2.75, 3.05) is 0 Å². The number of phenolic OH excluding ortho intramolecular Hbond substituents is 1. The minimum absolute atomic E-state index is 0.284. The summed E-state index contributed by atoms with van der Waals surface area (Å²) in [5, 5.41) is 9.46. The summed E-state index contributed by atoms with van der Waals surface area (Å²) in [6.07, 6.45) is 10.6. The quantitative estimate of drug-likeness (QED) is 0.708. The van der Waals surface area contributed by atoms with Crippen LogP contribution in [0, 0.1) is 18.8 Å². The maximum Gasteiger partial charge on any atom is 0.158 e. The number of terminal acetylenes is 1. The van der Waals surface area contributed by atoms with Crippen molar-refractivity contribution in [3.63, 3.8) is 0 Å². The van der Waals surface area contributed by atoms with Crippen LogP contribution in [0.1, 0.15) is 30.9 Å². The number of phenols is 1. The Bertz CT molecular complexity index is 549. The lowest BCUT2D eigenvalue weighted by Crippen LogP contribution is -2.14. The molecule has 0 amide bonds. The molecule has 0 bridgehead atoms. The van der Waals surface area contributed by atoms with Gasteiger partial charge in [0.05, 0.1) is 0 Å². The van der Waals surface area contributed by atoms with E-state index in [-0.39, 0.29) is 5.78 Å². The van der Waals surface area contributed by atoms with Crippen molar-refractivity contribution in [2.24, 2.45) is 5.92 Å². The lowest BCUT2D eigenvalue weighted by atomic mass is 9.83. The van der Waals surface area contributed by atoms with Gasteiger partial charge in [0.2, 0.25) is 0 Å². The van der Waals surface area contributed by atoms with Crippen LogP contribution in [0.2, 0.25) is 0 Å². The van der Waals surface area contributed by atoms with Crippen molar-refractivity contribution < 1.29 is 9.90 Å². The number of aromatic hydroxyl groups is 1. The predicted molar refractivity (Wildman–Crippen MR) is 72.0 cm³/mol. The minimum Gasteiger partial charge on any atom is -0.508 e. The first-order valence-corrected chi connectivity index (χ1v) is 6.06. The average molecular weight is 240 g/mol. The molecule has 0 aliphatic heterocycles. The van der Waals surface area contributed by atoms with Gasteiger partial charge in [-0.15, -0.1) is 12.8 Å². The van der Waals surface area contributed by atoms with Gasteiger partial charge in [0, 0.05) is 6.42 Å². The van der Waals surface area contributed by atoms with Crippen LogP contribution in [0.25, 0.3) is 5.57 Å². The molecular formula is C16H16O2. The molecular weight excluding hydrogens is 224 g/mol. The first-order chi connectivity index (χ1) is 8.66. The number of benzene rings is 1. The SMILES string of the molecule is C#C.CC1=C2c3ccc(O)cc3CC2CCC1=O. The Kier molecular flexibility index (Phi) is 3.25. The topological polar surface area (TPSA) is 37.3 Å². The van der Waals surface area contributed by atoms with Crippen LogP contribution < -0.4 is 0 Å². The third-order valence-electron chi connectivity index (χ3n) is 3.80. The lowest BCUT2D eigenvalue weighted by molar-refractivity contribution is -0.116. The number of Topliss-reactive ketones (excluding diaryl/α,β-unsaturated/α-hetero) is 1. The number of hydrogen-bond donors (Lipinski definition) is 1. The van der Waals surface area contributed by atoms with Crippen molar-refractivity contribution >= 4 is 11.4 Å². The Labute approximate surface area is 107 Å². The second-order valence-corrected chi connectivity index (χ2v) is 4.74. The molecule has 1 aromatic carbocycles. The molecule has 0 radical (unpaired) electrons. The van der Waals surface area contributed by atoms with Crippen LogP contribution in [-0.2, 0) is 11.2 Å². The summed E-state index contributed by atoms with van der Waals surface area (Å²) in [5.74, 6) is 1.10. The van der Waals surface area contributed by atoms with E-state index in [4.69, 9.17) is 0 Å². The molecule has 2 aliphatic carbocycles. The van der Waals surface area contributed by atoms with Crippen molar-refractivity contribution in [2.45, 2.75) is 26.2 Å². The van der Waals surface area contributed by atoms with E-state index in [9.17, 15) is 9.90 Å². The Balaban J connectivity index is 0.000000574. The van der Waals surface area contributed by atoms with Crippen LogP contribution in [0.4, 0.5) is 0 Å². The number of ketones is 1. The number of hydrogen-bond acceptors (Lipinski definition) is 2. The molecule has 0 heterocycles. The molecule has 2 heteroatoms. The molecule has 0 aromatic heterocycles. The molecule has 1 N–H and O–H groups in total. The highest BCUT2D eigenvalue weighted by Crippen LogP contribution is 2.45. The number of fused-ring (bicyclic) bond motifs is 3. The number of carbonyl (C=O) groups excluding carboxylic acids is 1. The molecule has 1 atom stereocenters. The van der Waals surface area contributed by atoms with Gasteiger partial charge in [0.25, 0.3) is 0 Å². The van der Waals surface area contributed by atoms with Gasteiger partial charge in [-0.1, -0.05) is 6.07 Å². The van der Waals surface area contributed by atoms with E-state index in [1.807, 2.05) is 19.1 Å². The standard InChI is InChI=1S/C14H14O2.C2H2/c1-8-13(16)5-2-9-6-10-7-11(15)3-4-12(10)14(8)9;1-2/h3-4,7,9,15H,2,5-6H2,1H3;1-2H. The fourth-order valence-corrected chi connectivity index (χ4v) is 3.00.